The minimum atomic E-state index is -5.15. The van der Waals surface area contributed by atoms with E-state index in [0.29, 0.717) is 12.8 Å². The van der Waals surface area contributed by atoms with Crippen molar-refractivity contribution < 1.29 is 59.0 Å². The van der Waals surface area contributed by atoms with E-state index in [2.05, 4.69) is 43.5 Å². The van der Waals surface area contributed by atoms with Crippen molar-refractivity contribution >= 4 is 13.7 Å². The van der Waals surface area contributed by atoms with E-state index in [0.717, 1.165) is 64.2 Å². The van der Waals surface area contributed by atoms with E-state index in [1.807, 2.05) is 0 Å². The Morgan fingerprint density at radius 2 is 0.910 bits per heavy atom. The summed E-state index contributed by atoms with van der Waals surface area (Å²) < 4.78 is 22.9. The summed E-state index contributed by atoms with van der Waals surface area (Å²) in [4.78, 5) is 23.5. The lowest BCUT2D eigenvalue weighted by Gasteiger charge is -2.41. The molecule has 0 aromatic carbocycles. The highest BCUT2D eigenvalue weighted by molar-refractivity contribution is 7.47. The first-order valence-corrected chi connectivity index (χ1v) is 28.5. The molecule has 1 saturated carbocycles. The van der Waals surface area contributed by atoms with E-state index in [1.165, 1.54) is 141 Å². The lowest BCUT2D eigenvalue weighted by molar-refractivity contribution is -0.220. The number of allylic oxidation sites excluding steroid dienone is 5. The third kappa shape index (κ3) is 33.7. The quantitative estimate of drug-likeness (QED) is 0.0158. The smallest absolute Gasteiger partial charge is 0.393 e. The van der Waals surface area contributed by atoms with Crippen molar-refractivity contribution in [3.05, 3.63) is 36.5 Å². The van der Waals surface area contributed by atoms with Crippen LogP contribution in [-0.2, 0) is 18.4 Å². The van der Waals surface area contributed by atoms with Gasteiger partial charge in [-0.1, -0.05) is 211 Å². The third-order valence-corrected chi connectivity index (χ3v) is 14.0. The average molecular weight is 974 g/mol. The molecule has 0 bridgehead atoms. The molecular weight excluding hydrogens is 874 g/mol. The zero-order valence-electron chi connectivity index (χ0n) is 42.1. The van der Waals surface area contributed by atoms with Crippen LogP contribution in [0.25, 0.3) is 0 Å². The third-order valence-electron chi connectivity index (χ3n) is 13.0. The molecule has 13 nitrogen and oxygen atoms in total. The number of aliphatic hydroxyl groups excluding tert-OH is 7. The molecule has 1 aliphatic carbocycles. The van der Waals surface area contributed by atoms with Gasteiger partial charge in [0.15, 0.2) is 0 Å². The van der Waals surface area contributed by atoms with Crippen molar-refractivity contribution in [3.63, 3.8) is 0 Å². The summed E-state index contributed by atoms with van der Waals surface area (Å²) >= 11 is 0. The van der Waals surface area contributed by atoms with Crippen molar-refractivity contribution in [1.82, 2.24) is 5.32 Å². The zero-order valence-corrected chi connectivity index (χ0v) is 43.0. The van der Waals surface area contributed by atoms with E-state index in [4.69, 9.17) is 9.05 Å². The number of carbonyl (C=O) groups is 1. The van der Waals surface area contributed by atoms with Crippen LogP contribution in [0.2, 0.25) is 0 Å². The molecular formula is C53H100NO12P. The molecule has 67 heavy (non-hydrogen) atoms. The van der Waals surface area contributed by atoms with E-state index in [1.54, 1.807) is 6.08 Å². The van der Waals surface area contributed by atoms with Crippen molar-refractivity contribution in [1.29, 1.82) is 0 Å². The highest BCUT2D eigenvalue weighted by Gasteiger charge is 2.51. The van der Waals surface area contributed by atoms with E-state index >= 15 is 0 Å². The molecule has 0 aromatic heterocycles. The summed E-state index contributed by atoms with van der Waals surface area (Å²) in [5.74, 6) is -0.599. The molecule has 0 heterocycles. The average Bonchev–Trinajstić information content (AvgIpc) is 3.30. The summed E-state index contributed by atoms with van der Waals surface area (Å²) in [6, 6.07) is -1.25. The van der Waals surface area contributed by atoms with Gasteiger partial charge < -0.3 is 46.0 Å². The normalized spacial score (nSPS) is 22.5. The molecule has 394 valence electrons. The zero-order chi connectivity index (χ0) is 49.4. The van der Waals surface area contributed by atoms with E-state index in [9.17, 15) is 50.0 Å². The molecule has 0 aromatic rings. The van der Waals surface area contributed by atoms with Gasteiger partial charge in [0.1, 0.15) is 36.6 Å². The van der Waals surface area contributed by atoms with Gasteiger partial charge in [0.25, 0.3) is 0 Å². The maximum absolute atomic E-state index is 13.1. The molecule has 1 amide bonds. The number of hydrogen-bond donors (Lipinski definition) is 9. The topological polar surface area (TPSA) is 226 Å². The number of amides is 1. The molecule has 0 saturated heterocycles. The highest BCUT2D eigenvalue weighted by atomic mass is 31.2. The maximum Gasteiger partial charge on any atom is 0.472 e. The first-order valence-electron chi connectivity index (χ1n) is 27.0. The van der Waals surface area contributed by atoms with Crippen LogP contribution >= 0.6 is 7.82 Å². The Morgan fingerprint density at radius 3 is 1.34 bits per heavy atom. The summed E-state index contributed by atoms with van der Waals surface area (Å²) in [5.41, 5.74) is 0. The molecule has 0 radical (unpaired) electrons. The number of aliphatic hydroxyl groups is 7. The van der Waals surface area contributed by atoms with E-state index < -0.39 is 75.2 Å². The fourth-order valence-electron chi connectivity index (χ4n) is 8.57. The van der Waals surface area contributed by atoms with E-state index in [-0.39, 0.29) is 6.42 Å². The Kier molecular flexibility index (Phi) is 40.0. The first-order chi connectivity index (χ1) is 32.3. The largest absolute Gasteiger partial charge is 0.472 e. The van der Waals surface area contributed by atoms with Crippen molar-refractivity contribution in [2.75, 3.05) is 6.61 Å². The number of hydrogen-bond acceptors (Lipinski definition) is 11. The van der Waals surface area contributed by atoms with Crippen LogP contribution < -0.4 is 5.32 Å². The first kappa shape index (κ1) is 63.5. The van der Waals surface area contributed by atoms with Crippen LogP contribution in [0.3, 0.4) is 0 Å². The highest BCUT2D eigenvalue weighted by Crippen LogP contribution is 2.47. The van der Waals surface area contributed by atoms with Gasteiger partial charge in [-0.3, -0.25) is 13.8 Å². The molecule has 14 heteroatoms. The second kappa shape index (κ2) is 42.2. The Bertz CT molecular complexity index is 1290. The van der Waals surface area contributed by atoms with Gasteiger partial charge in [0.05, 0.1) is 31.3 Å². The van der Waals surface area contributed by atoms with Crippen molar-refractivity contribution in [2.24, 2.45) is 0 Å². The van der Waals surface area contributed by atoms with Gasteiger partial charge in [-0.15, -0.1) is 0 Å². The van der Waals surface area contributed by atoms with Gasteiger partial charge in [0, 0.05) is 0 Å². The lowest BCUT2D eigenvalue weighted by atomic mass is 9.85. The number of phosphoric ester groups is 1. The predicted octanol–water partition coefficient (Wildman–Crippen LogP) is 10.5. The number of unbranched alkanes of at least 4 members (excludes halogenated alkanes) is 28. The molecule has 0 aliphatic heterocycles. The molecule has 9 N–H and O–H groups in total. The molecule has 0 spiro atoms. The Morgan fingerprint density at radius 1 is 0.537 bits per heavy atom. The standard InChI is InChI=1S/C53H100NO12P/c1-3-5-7-9-11-13-15-17-19-21-22-23-24-25-26-28-30-32-34-36-38-40-44(55)42-47(57)54-45(43-65-67(63,64)66-53-51(61)49(59)48(58)50(60)52(53)62)46(56)41-39-37-35-33-31-29-27-20-18-16-14-12-10-8-6-4-2/h22-23,25-26,39,41,44-46,48-53,55-56,58-62H,3-21,24,27-38,40,42-43H2,1-2H3,(H,54,57)(H,63,64)/b23-22-,26-25-,41-39+. The lowest BCUT2D eigenvalue weighted by Crippen LogP contribution is -2.64. The Hall–Kier alpha value is -1.48. The van der Waals surface area contributed by atoms with Gasteiger partial charge in [-0.05, 0) is 51.4 Å². The van der Waals surface area contributed by atoms with Gasteiger partial charge in [0.2, 0.25) is 5.91 Å². The number of carbonyl (C=O) groups excluding carboxylic acids is 1. The van der Waals surface area contributed by atoms with Crippen LogP contribution in [0.4, 0.5) is 0 Å². The van der Waals surface area contributed by atoms with Crippen LogP contribution in [0.1, 0.15) is 232 Å². The van der Waals surface area contributed by atoms with Crippen LogP contribution in [0, 0.1) is 0 Å². The summed E-state index contributed by atoms with van der Waals surface area (Å²) in [6.45, 7) is 3.76. The SMILES string of the molecule is CCCCCCCCCCC/C=C\C/C=C\CCCCCCCC(O)CC(=O)NC(COP(=O)(O)OC1C(O)C(O)C(O)C(O)C1O)C(O)/C=C/CCCCCCCCCCCCCCCC. The Labute approximate surface area is 406 Å². The molecule has 8 unspecified atom stereocenters. The molecule has 1 aliphatic rings. The van der Waals surface area contributed by atoms with Crippen molar-refractivity contribution in [2.45, 2.75) is 287 Å². The van der Waals surface area contributed by atoms with Gasteiger partial charge in [-0.25, -0.2) is 4.57 Å². The maximum atomic E-state index is 13.1. The molecule has 1 fully saturated rings. The second-order valence-corrected chi connectivity index (χ2v) is 20.7. The van der Waals surface area contributed by atoms with Gasteiger partial charge in [-0.2, -0.15) is 0 Å². The summed E-state index contributed by atoms with van der Waals surface area (Å²) in [7, 11) is -5.15. The number of rotatable bonds is 45. The molecule has 8 atom stereocenters. The monoisotopic (exact) mass is 974 g/mol. The fraction of sp³-hybridized carbons (Fsp3) is 0.868. The second-order valence-electron chi connectivity index (χ2n) is 19.3. The summed E-state index contributed by atoms with van der Waals surface area (Å²) in [5, 5.41) is 74.7. The van der Waals surface area contributed by atoms with Crippen LogP contribution in [-0.4, -0.2) is 108 Å². The van der Waals surface area contributed by atoms with Crippen LogP contribution in [0.5, 0.6) is 0 Å². The minimum Gasteiger partial charge on any atom is -0.393 e. The fourth-order valence-corrected chi connectivity index (χ4v) is 9.53. The molecule has 1 rings (SSSR count). The Balaban J connectivity index is 2.46. The predicted molar refractivity (Wildman–Crippen MR) is 270 cm³/mol. The van der Waals surface area contributed by atoms with Crippen LogP contribution in [0.15, 0.2) is 36.5 Å². The van der Waals surface area contributed by atoms with Gasteiger partial charge >= 0.3 is 7.82 Å². The summed E-state index contributed by atoms with van der Waals surface area (Å²) in [6.07, 6.45) is 36.5. The number of nitrogens with one attached hydrogen (secondary N) is 1. The van der Waals surface area contributed by atoms with Crippen molar-refractivity contribution in [3.8, 4) is 0 Å². The minimum absolute atomic E-state index is 0.254. The number of phosphoric acid groups is 1.